The number of imidazole rings is 1. The van der Waals surface area contributed by atoms with Crippen molar-refractivity contribution in [2.75, 3.05) is 13.7 Å². The summed E-state index contributed by atoms with van der Waals surface area (Å²) in [5.74, 6) is -0.469. The van der Waals surface area contributed by atoms with Gasteiger partial charge in [-0.25, -0.2) is 14.6 Å². The fourth-order valence-electron chi connectivity index (χ4n) is 4.70. The Bertz CT molecular complexity index is 1480. The number of carbonyl (C=O) groups is 2. The second-order valence-electron chi connectivity index (χ2n) is 8.83. The van der Waals surface area contributed by atoms with Crippen LogP contribution in [0.5, 0.6) is 0 Å². The first-order valence-electron chi connectivity index (χ1n) is 12.4. The molecule has 0 saturated heterocycles. The van der Waals surface area contributed by atoms with Gasteiger partial charge in [-0.15, -0.1) is 0 Å². The van der Waals surface area contributed by atoms with Gasteiger partial charge < -0.3 is 14.6 Å². The van der Waals surface area contributed by atoms with Crippen LogP contribution < -0.4 is 5.32 Å². The number of urea groups is 1. The van der Waals surface area contributed by atoms with Gasteiger partial charge in [0.1, 0.15) is 0 Å². The maximum atomic E-state index is 13.4. The van der Waals surface area contributed by atoms with Crippen molar-refractivity contribution in [2.24, 2.45) is 0 Å². The lowest BCUT2D eigenvalue weighted by Gasteiger charge is -2.35. The van der Waals surface area contributed by atoms with Crippen molar-refractivity contribution >= 4 is 27.9 Å². The molecule has 7 nitrogen and oxygen atoms in total. The van der Waals surface area contributed by atoms with Gasteiger partial charge in [0, 0.05) is 18.2 Å². The molecule has 1 aromatic heterocycles. The predicted octanol–water partition coefficient (Wildman–Crippen LogP) is 6.19. The Labute approximate surface area is 229 Å². The highest BCUT2D eigenvalue weighted by molar-refractivity contribution is 9.10. The number of aromatic nitrogens is 2. The Balaban J connectivity index is 1.72. The molecule has 192 valence electrons. The first-order valence-corrected chi connectivity index (χ1v) is 13.1. The summed E-state index contributed by atoms with van der Waals surface area (Å²) >= 11 is 3.67. The summed E-state index contributed by atoms with van der Waals surface area (Å²) in [6, 6.07) is 28.4. The second-order valence-corrected chi connectivity index (χ2v) is 9.54. The van der Waals surface area contributed by atoms with E-state index >= 15 is 0 Å². The SMILES string of the molecule is CCOC(=O)C1=C(Cn2c(Br)nc(-c3ccccc3)c2-c2ccccc2)N(C)C(=O)N[C@@H]1c1ccccc1. The fraction of sp³-hybridized carbons (Fsp3) is 0.167. The summed E-state index contributed by atoms with van der Waals surface area (Å²) in [7, 11) is 1.66. The zero-order chi connectivity index (χ0) is 26.6. The van der Waals surface area contributed by atoms with Gasteiger partial charge in [-0.3, -0.25) is 4.90 Å². The highest BCUT2D eigenvalue weighted by atomic mass is 79.9. The third kappa shape index (κ3) is 4.87. The lowest BCUT2D eigenvalue weighted by Crippen LogP contribution is -2.47. The second kappa shape index (κ2) is 11.1. The summed E-state index contributed by atoms with van der Waals surface area (Å²) in [5, 5.41) is 2.97. The van der Waals surface area contributed by atoms with Crippen LogP contribution in [0.25, 0.3) is 22.5 Å². The lowest BCUT2D eigenvalue weighted by atomic mass is 9.94. The van der Waals surface area contributed by atoms with E-state index in [0.717, 1.165) is 28.1 Å². The van der Waals surface area contributed by atoms with E-state index in [1.54, 1.807) is 14.0 Å². The van der Waals surface area contributed by atoms with E-state index in [9.17, 15) is 9.59 Å². The van der Waals surface area contributed by atoms with Gasteiger partial charge in [0.25, 0.3) is 0 Å². The van der Waals surface area contributed by atoms with Crippen LogP contribution in [0.3, 0.4) is 0 Å². The summed E-state index contributed by atoms with van der Waals surface area (Å²) in [4.78, 5) is 32.9. The van der Waals surface area contributed by atoms with E-state index in [4.69, 9.17) is 9.72 Å². The van der Waals surface area contributed by atoms with E-state index in [2.05, 4.69) is 21.2 Å². The van der Waals surface area contributed by atoms with Crippen molar-refractivity contribution in [2.45, 2.75) is 19.5 Å². The van der Waals surface area contributed by atoms with Crippen molar-refractivity contribution in [3.8, 4) is 22.5 Å². The highest BCUT2D eigenvalue weighted by Gasteiger charge is 2.37. The van der Waals surface area contributed by atoms with E-state index in [-0.39, 0.29) is 19.2 Å². The zero-order valence-electron chi connectivity index (χ0n) is 21.1. The van der Waals surface area contributed by atoms with Crippen molar-refractivity contribution in [3.63, 3.8) is 0 Å². The summed E-state index contributed by atoms with van der Waals surface area (Å²) < 4.78 is 8.07. The molecular weight excluding hydrogens is 544 g/mol. The van der Waals surface area contributed by atoms with Gasteiger partial charge in [-0.05, 0) is 28.4 Å². The van der Waals surface area contributed by atoms with Gasteiger partial charge in [0.05, 0.1) is 41.9 Å². The number of halogens is 1. The molecule has 0 spiro atoms. The van der Waals surface area contributed by atoms with Crippen LogP contribution in [0.4, 0.5) is 4.79 Å². The van der Waals surface area contributed by atoms with Crippen molar-refractivity contribution < 1.29 is 14.3 Å². The number of hydrogen-bond acceptors (Lipinski definition) is 4. The number of esters is 1. The first-order chi connectivity index (χ1) is 18.5. The van der Waals surface area contributed by atoms with Crippen LogP contribution in [0.1, 0.15) is 18.5 Å². The molecule has 0 saturated carbocycles. The minimum Gasteiger partial charge on any atom is -0.463 e. The fourth-order valence-corrected chi connectivity index (χ4v) is 5.18. The Hall–Kier alpha value is -4.17. The third-order valence-electron chi connectivity index (χ3n) is 6.53. The van der Waals surface area contributed by atoms with Crippen molar-refractivity contribution in [3.05, 3.63) is 113 Å². The number of carbonyl (C=O) groups excluding carboxylic acids is 2. The number of allylic oxidation sites excluding steroid dienone is 1. The zero-order valence-corrected chi connectivity index (χ0v) is 22.7. The smallest absolute Gasteiger partial charge is 0.338 e. The van der Waals surface area contributed by atoms with E-state index in [1.807, 2.05) is 95.6 Å². The molecule has 2 heterocycles. The van der Waals surface area contributed by atoms with Gasteiger partial charge >= 0.3 is 12.0 Å². The van der Waals surface area contributed by atoms with Gasteiger partial charge in [-0.1, -0.05) is 91.0 Å². The maximum absolute atomic E-state index is 13.4. The van der Waals surface area contributed by atoms with Crippen molar-refractivity contribution in [1.82, 2.24) is 19.8 Å². The number of likely N-dealkylation sites (N-methyl/N-ethyl adjacent to an activating group) is 1. The third-order valence-corrected chi connectivity index (χ3v) is 7.13. The standard InChI is InChI=1S/C30H27BrN4O3/c1-3-38-28(36)24-23(34(2)30(37)33-25(24)20-13-7-4-8-14-20)19-35-27(22-17-11-6-12-18-22)26(32-29(35)31)21-15-9-5-10-16-21/h4-18,25H,3,19H2,1-2H3,(H,33,37)/t25-/m1/s1. The molecular formula is C30H27BrN4O3. The molecule has 8 heteroatoms. The highest BCUT2D eigenvalue weighted by Crippen LogP contribution is 2.37. The number of rotatable bonds is 7. The molecule has 0 radical (unpaired) electrons. The maximum Gasteiger partial charge on any atom is 0.338 e. The molecule has 0 aliphatic carbocycles. The average Bonchev–Trinajstić information content (AvgIpc) is 3.28. The van der Waals surface area contributed by atoms with Gasteiger partial charge in [-0.2, -0.15) is 0 Å². The largest absolute Gasteiger partial charge is 0.463 e. The Morgan fingerprint density at radius 2 is 1.53 bits per heavy atom. The minimum atomic E-state index is -0.648. The molecule has 38 heavy (non-hydrogen) atoms. The first kappa shape index (κ1) is 25.5. The van der Waals surface area contributed by atoms with Crippen LogP contribution in [0, 0.1) is 0 Å². The quantitative estimate of drug-likeness (QED) is 0.269. The molecule has 1 aliphatic rings. The topological polar surface area (TPSA) is 76.5 Å². The minimum absolute atomic E-state index is 0.214. The van der Waals surface area contributed by atoms with Crippen LogP contribution >= 0.6 is 15.9 Å². The lowest BCUT2D eigenvalue weighted by molar-refractivity contribution is -0.139. The van der Waals surface area contributed by atoms with Crippen LogP contribution in [-0.2, 0) is 16.1 Å². The summed E-state index contributed by atoms with van der Waals surface area (Å²) in [5.41, 5.74) is 5.32. The molecule has 2 amide bonds. The monoisotopic (exact) mass is 570 g/mol. The molecule has 5 rings (SSSR count). The van der Waals surface area contributed by atoms with Gasteiger partial charge in [0.15, 0.2) is 4.73 Å². The van der Waals surface area contributed by atoms with E-state index in [1.165, 1.54) is 4.90 Å². The molecule has 3 aromatic carbocycles. The Kier molecular flexibility index (Phi) is 7.42. The van der Waals surface area contributed by atoms with E-state index < -0.39 is 12.0 Å². The van der Waals surface area contributed by atoms with Crippen LogP contribution in [0.15, 0.2) is 107 Å². The van der Waals surface area contributed by atoms with E-state index in [0.29, 0.717) is 16.0 Å². The number of nitrogens with zero attached hydrogens (tertiary/aromatic N) is 3. The molecule has 1 aliphatic heterocycles. The number of ether oxygens (including phenoxy) is 1. The molecule has 0 fully saturated rings. The molecule has 0 bridgehead atoms. The summed E-state index contributed by atoms with van der Waals surface area (Å²) in [6.07, 6.45) is 0. The average molecular weight is 571 g/mol. The number of amides is 2. The number of hydrogen-bond donors (Lipinski definition) is 1. The number of benzene rings is 3. The molecule has 1 atom stereocenters. The molecule has 1 N–H and O–H groups in total. The Morgan fingerprint density at radius 3 is 2.13 bits per heavy atom. The predicted molar refractivity (Wildman–Crippen MR) is 150 cm³/mol. The molecule has 0 unspecified atom stereocenters. The Morgan fingerprint density at radius 1 is 0.947 bits per heavy atom. The van der Waals surface area contributed by atoms with Gasteiger partial charge in [0.2, 0.25) is 0 Å². The van der Waals surface area contributed by atoms with Crippen LogP contribution in [-0.4, -0.2) is 40.1 Å². The summed E-state index contributed by atoms with van der Waals surface area (Å²) in [6.45, 7) is 2.20. The number of nitrogens with one attached hydrogen (secondary N) is 1. The molecule has 4 aromatic rings. The van der Waals surface area contributed by atoms with Crippen LogP contribution in [0.2, 0.25) is 0 Å². The normalized spacial score (nSPS) is 15.4. The van der Waals surface area contributed by atoms with Crippen molar-refractivity contribution in [1.29, 1.82) is 0 Å².